The van der Waals surface area contributed by atoms with Crippen LogP contribution in [0.1, 0.15) is 11.1 Å². The van der Waals surface area contributed by atoms with Crippen LogP contribution in [0.15, 0.2) is 78.1 Å². The normalized spacial score (nSPS) is 11.5. The van der Waals surface area contributed by atoms with E-state index in [2.05, 4.69) is 25.4 Å². The second-order valence-electron chi connectivity index (χ2n) is 7.69. The molecule has 0 radical (unpaired) electrons. The fourth-order valence-corrected chi connectivity index (χ4v) is 4.18. The molecule has 0 saturated heterocycles. The molecule has 8 nitrogen and oxygen atoms in total. The van der Waals surface area contributed by atoms with Crippen molar-refractivity contribution in [2.75, 3.05) is 11.6 Å². The summed E-state index contributed by atoms with van der Waals surface area (Å²) in [7, 11) is 0. The van der Waals surface area contributed by atoms with Crippen molar-refractivity contribution < 1.29 is 17.9 Å². The lowest BCUT2D eigenvalue weighted by Gasteiger charge is -2.13. The number of alkyl halides is 3. The fraction of sp³-hybridized carbons (Fsp3) is 0.0800. The van der Waals surface area contributed by atoms with Crippen LogP contribution in [-0.2, 0) is 6.18 Å². The first-order valence-electron chi connectivity index (χ1n) is 10.8. The third-order valence-electron chi connectivity index (χ3n) is 5.29. The minimum atomic E-state index is -4.52. The Hall–Kier alpha value is -4.45. The van der Waals surface area contributed by atoms with Gasteiger partial charge in [-0.2, -0.15) is 22.7 Å². The van der Waals surface area contributed by atoms with E-state index in [9.17, 15) is 13.2 Å². The Bertz CT molecular complexity index is 1570. The average molecular weight is 522 g/mol. The fourth-order valence-electron chi connectivity index (χ4n) is 3.63. The number of thioether (sulfide) groups is 1. The van der Waals surface area contributed by atoms with Gasteiger partial charge in [0, 0.05) is 29.9 Å². The van der Waals surface area contributed by atoms with Crippen LogP contribution in [0.25, 0.3) is 17.0 Å². The number of hydrogen-bond acceptors (Lipinski definition) is 8. The van der Waals surface area contributed by atoms with Gasteiger partial charge in [0.1, 0.15) is 16.5 Å². The Kier molecular flexibility index (Phi) is 6.49. The molecule has 0 fully saturated rings. The van der Waals surface area contributed by atoms with Crippen molar-refractivity contribution in [3.63, 3.8) is 0 Å². The average Bonchev–Trinajstić information content (AvgIpc) is 3.30. The molecule has 5 aromatic rings. The molecule has 0 spiro atoms. The molecule has 0 aliphatic rings. The maximum atomic E-state index is 13.4. The molecule has 0 aliphatic heterocycles. The third kappa shape index (κ3) is 5.09. The van der Waals surface area contributed by atoms with Gasteiger partial charge in [0.2, 0.25) is 5.95 Å². The summed E-state index contributed by atoms with van der Waals surface area (Å²) in [5.41, 5.74) is 0.732. The molecular weight excluding hydrogens is 503 g/mol. The highest BCUT2D eigenvalue weighted by atomic mass is 32.2. The summed E-state index contributed by atoms with van der Waals surface area (Å²) in [5.74, 6) is 1.64. The summed E-state index contributed by atoms with van der Waals surface area (Å²) < 4.78 is 47.3. The van der Waals surface area contributed by atoms with Gasteiger partial charge in [-0.05, 0) is 54.8 Å². The number of nitrogens with zero attached hydrogens (tertiary/aromatic N) is 5. The highest BCUT2D eigenvalue weighted by Gasteiger charge is 2.31. The van der Waals surface area contributed by atoms with Crippen molar-refractivity contribution in [3.05, 3.63) is 84.2 Å². The van der Waals surface area contributed by atoms with Crippen LogP contribution in [0.4, 0.5) is 24.8 Å². The molecule has 2 aromatic carbocycles. The SMILES string of the molecule is CSc1nc2nc(Nc3ccc(Oc4ccncc4)cc3)nn2c(-c2cccc(C(F)(F)F)c2)c1C=N. The van der Waals surface area contributed by atoms with Crippen molar-refractivity contribution in [3.8, 4) is 22.8 Å². The summed E-state index contributed by atoms with van der Waals surface area (Å²) in [4.78, 5) is 12.8. The topological polar surface area (TPSA) is 101 Å². The molecule has 3 heterocycles. The number of halogens is 3. The Morgan fingerprint density at radius 1 is 1.00 bits per heavy atom. The number of benzene rings is 2. The van der Waals surface area contributed by atoms with E-state index in [0.29, 0.717) is 27.8 Å². The van der Waals surface area contributed by atoms with Crippen LogP contribution in [0, 0.1) is 5.41 Å². The van der Waals surface area contributed by atoms with Crippen molar-refractivity contribution in [1.82, 2.24) is 24.6 Å². The molecule has 186 valence electrons. The van der Waals surface area contributed by atoms with Gasteiger partial charge in [-0.25, -0.2) is 4.98 Å². The Morgan fingerprint density at radius 2 is 1.73 bits per heavy atom. The molecular formula is C25H18F3N7OS. The third-order valence-corrected chi connectivity index (χ3v) is 5.98. The van der Waals surface area contributed by atoms with E-state index in [4.69, 9.17) is 10.1 Å². The lowest BCUT2D eigenvalue weighted by Crippen LogP contribution is -2.07. The van der Waals surface area contributed by atoms with E-state index < -0.39 is 11.7 Å². The molecule has 5 rings (SSSR count). The number of hydrogen-bond donors (Lipinski definition) is 2. The Balaban J connectivity index is 1.51. The van der Waals surface area contributed by atoms with Crippen LogP contribution in [-0.4, -0.2) is 37.0 Å². The van der Waals surface area contributed by atoms with Gasteiger partial charge in [0.05, 0.1) is 16.8 Å². The number of anilines is 2. The second-order valence-corrected chi connectivity index (χ2v) is 8.48. The molecule has 3 aromatic heterocycles. The summed E-state index contributed by atoms with van der Waals surface area (Å²) in [5, 5.41) is 15.9. The molecule has 0 saturated carbocycles. The van der Waals surface area contributed by atoms with Crippen molar-refractivity contribution in [1.29, 1.82) is 5.41 Å². The van der Waals surface area contributed by atoms with Gasteiger partial charge in [-0.1, -0.05) is 12.1 Å². The lowest BCUT2D eigenvalue weighted by atomic mass is 10.0. The van der Waals surface area contributed by atoms with Gasteiger partial charge >= 0.3 is 6.18 Å². The van der Waals surface area contributed by atoms with E-state index in [-0.39, 0.29) is 23.0 Å². The molecule has 37 heavy (non-hydrogen) atoms. The predicted molar refractivity (Wildman–Crippen MR) is 135 cm³/mol. The summed E-state index contributed by atoms with van der Waals surface area (Å²) in [6, 6.07) is 15.5. The van der Waals surface area contributed by atoms with Crippen LogP contribution in [0.3, 0.4) is 0 Å². The molecule has 12 heteroatoms. The molecule has 0 bridgehead atoms. The van der Waals surface area contributed by atoms with E-state index in [1.165, 1.54) is 28.4 Å². The first-order valence-corrected chi connectivity index (χ1v) is 12.1. The molecule has 2 N–H and O–H groups in total. The van der Waals surface area contributed by atoms with Crippen molar-refractivity contribution in [2.45, 2.75) is 11.2 Å². The first kappa shape index (κ1) is 24.3. The lowest BCUT2D eigenvalue weighted by molar-refractivity contribution is -0.137. The van der Waals surface area contributed by atoms with E-state index in [0.717, 1.165) is 18.3 Å². The monoisotopic (exact) mass is 521 g/mol. The first-order chi connectivity index (χ1) is 17.9. The van der Waals surface area contributed by atoms with Crippen molar-refractivity contribution in [2.24, 2.45) is 0 Å². The number of aromatic nitrogens is 5. The summed E-state index contributed by atoms with van der Waals surface area (Å²) >= 11 is 1.26. The number of rotatable bonds is 7. The highest BCUT2D eigenvalue weighted by molar-refractivity contribution is 7.98. The standard InChI is InChI=1S/C25H18F3N7OS/c1-37-22-20(14-29)21(15-3-2-4-16(13-15)25(26,27)28)35-24(32-22)33-23(34-35)31-17-5-7-18(8-6-17)36-19-9-11-30-12-10-19/h2-14,29H,1H3,(H,31,34). The maximum Gasteiger partial charge on any atom is 0.416 e. The smallest absolute Gasteiger partial charge is 0.416 e. The van der Waals surface area contributed by atoms with Gasteiger partial charge in [-0.15, -0.1) is 16.9 Å². The maximum absolute atomic E-state index is 13.4. The second kappa shape index (κ2) is 9.90. The number of nitrogens with one attached hydrogen (secondary N) is 2. The number of fused-ring (bicyclic) bond motifs is 1. The molecule has 0 atom stereocenters. The zero-order valence-electron chi connectivity index (χ0n) is 19.2. The minimum Gasteiger partial charge on any atom is -0.457 e. The summed E-state index contributed by atoms with van der Waals surface area (Å²) in [6.07, 6.45) is 1.58. The minimum absolute atomic E-state index is 0.183. The summed E-state index contributed by atoms with van der Waals surface area (Å²) in [6.45, 7) is 0. The largest absolute Gasteiger partial charge is 0.457 e. The number of pyridine rings is 1. The van der Waals surface area contributed by atoms with Gasteiger partial charge in [0.15, 0.2) is 0 Å². The zero-order valence-corrected chi connectivity index (χ0v) is 20.0. The van der Waals surface area contributed by atoms with Crippen LogP contribution in [0.5, 0.6) is 11.5 Å². The van der Waals surface area contributed by atoms with Gasteiger partial charge in [-0.3, -0.25) is 4.98 Å². The Labute approximate surface area is 213 Å². The van der Waals surface area contributed by atoms with E-state index in [1.807, 2.05) is 0 Å². The van der Waals surface area contributed by atoms with E-state index >= 15 is 0 Å². The molecule has 0 aliphatic carbocycles. The Morgan fingerprint density at radius 3 is 2.41 bits per heavy atom. The quantitative estimate of drug-likeness (QED) is 0.144. The number of ether oxygens (including phenoxy) is 1. The van der Waals surface area contributed by atoms with Crippen LogP contribution in [0.2, 0.25) is 0 Å². The van der Waals surface area contributed by atoms with Crippen LogP contribution >= 0.6 is 11.8 Å². The van der Waals surface area contributed by atoms with Gasteiger partial charge < -0.3 is 15.5 Å². The van der Waals surface area contributed by atoms with E-state index in [1.54, 1.807) is 55.0 Å². The molecule has 0 amide bonds. The van der Waals surface area contributed by atoms with Crippen LogP contribution < -0.4 is 10.1 Å². The molecule has 0 unspecified atom stereocenters. The predicted octanol–water partition coefficient (Wildman–Crippen LogP) is 6.46. The van der Waals surface area contributed by atoms with Gasteiger partial charge in [0.25, 0.3) is 5.78 Å². The highest BCUT2D eigenvalue weighted by Crippen LogP contribution is 2.35. The zero-order chi connectivity index (χ0) is 26.0. The van der Waals surface area contributed by atoms with Crippen molar-refractivity contribution >= 4 is 35.4 Å².